The van der Waals surface area contributed by atoms with Crippen molar-refractivity contribution in [2.24, 2.45) is 0 Å². The Morgan fingerprint density at radius 2 is 2.08 bits per heavy atom. The highest BCUT2D eigenvalue weighted by atomic mass is 16.5. The summed E-state index contributed by atoms with van der Waals surface area (Å²) in [6.07, 6.45) is 2.00. The van der Waals surface area contributed by atoms with Crippen LogP contribution in [0.1, 0.15) is 18.1 Å². The first-order valence-electron chi connectivity index (χ1n) is 4.64. The van der Waals surface area contributed by atoms with Crippen molar-refractivity contribution in [1.82, 2.24) is 0 Å². The van der Waals surface area contributed by atoms with Gasteiger partial charge < -0.3 is 10.5 Å². The molecule has 0 atom stereocenters. The molecule has 0 aromatic heterocycles. The van der Waals surface area contributed by atoms with Gasteiger partial charge in [-0.1, -0.05) is 13.0 Å². The minimum absolute atomic E-state index is 0.760. The van der Waals surface area contributed by atoms with Gasteiger partial charge in [0.25, 0.3) is 0 Å². The maximum Gasteiger partial charge on any atom is 0.0502 e. The van der Waals surface area contributed by atoms with Crippen molar-refractivity contribution in [2.45, 2.75) is 19.8 Å². The van der Waals surface area contributed by atoms with Crippen LogP contribution in [0, 0.1) is 0 Å². The first-order chi connectivity index (χ1) is 6.27. The van der Waals surface area contributed by atoms with Crippen molar-refractivity contribution in [3.63, 3.8) is 0 Å². The average Bonchev–Trinajstić information content (AvgIpc) is 2.15. The van der Waals surface area contributed by atoms with E-state index in [1.165, 1.54) is 11.1 Å². The molecule has 2 N–H and O–H groups in total. The number of nitrogen functional groups attached to an aromatic ring is 1. The van der Waals surface area contributed by atoms with Crippen LogP contribution < -0.4 is 5.73 Å². The Labute approximate surface area is 79.7 Å². The Morgan fingerprint density at radius 3 is 2.69 bits per heavy atom. The van der Waals surface area contributed by atoms with Gasteiger partial charge in [-0.15, -0.1) is 0 Å². The normalized spacial score (nSPS) is 10.3. The predicted octanol–water partition coefficient (Wildman–Crippen LogP) is 2.02. The topological polar surface area (TPSA) is 35.2 Å². The van der Waals surface area contributed by atoms with Crippen molar-refractivity contribution < 1.29 is 4.74 Å². The largest absolute Gasteiger partial charge is 0.399 e. The second-order valence-electron chi connectivity index (χ2n) is 3.12. The highest BCUT2D eigenvalue weighted by Crippen LogP contribution is 2.14. The second-order valence-corrected chi connectivity index (χ2v) is 3.12. The zero-order valence-electron chi connectivity index (χ0n) is 8.34. The van der Waals surface area contributed by atoms with E-state index in [1.807, 2.05) is 12.1 Å². The maximum atomic E-state index is 5.71. The summed E-state index contributed by atoms with van der Waals surface area (Å²) in [6, 6.07) is 6.09. The maximum absolute atomic E-state index is 5.71. The number of benzene rings is 1. The minimum atomic E-state index is 0.760. The van der Waals surface area contributed by atoms with Crippen LogP contribution in [0.5, 0.6) is 0 Å². The van der Waals surface area contributed by atoms with Crippen LogP contribution in [0.4, 0.5) is 5.69 Å². The van der Waals surface area contributed by atoms with E-state index in [4.69, 9.17) is 10.5 Å². The molecule has 0 fully saturated rings. The fourth-order valence-electron chi connectivity index (χ4n) is 1.44. The van der Waals surface area contributed by atoms with Crippen LogP contribution in [0.3, 0.4) is 0 Å². The molecule has 0 unspecified atom stereocenters. The molecule has 0 amide bonds. The Kier molecular flexibility index (Phi) is 3.77. The number of hydrogen-bond acceptors (Lipinski definition) is 2. The van der Waals surface area contributed by atoms with E-state index in [2.05, 4.69) is 13.0 Å². The van der Waals surface area contributed by atoms with Crippen LogP contribution in [-0.2, 0) is 17.6 Å². The van der Waals surface area contributed by atoms with E-state index in [0.717, 1.165) is 25.1 Å². The monoisotopic (exact) mass is 179 g/mol. The predicted molar refractivity (Wildman–Crippen MR) is 55.8 cm³/mol. The zero-order chi connectivity index (χ0) is 9.68. The summed E-state index contributed by atoms with van der Waals surface area (Å²) in [7, 11) is 1.72. The summed E-state index contributed by atoms with van der Waals surface area (Å²) < 4.78 is 5.04. The lowest BCUT2D eigenvalue weighted by molar-refractivity contribution is 0.202. The third kappa shape index (κ3) is 2.74. The number of anilines is 1. The van der Waals surface area contributed by atoms with Gasteiger partial charge >= 0.3 is 0 Å². The van der Waals surface area contributed by atoms with E-state index in [9.17, 15) is 0 Å². The van der Waals surface area contributed by atoms with Crippen molar-refractivity contribution >= 4 is 5.69 Å². The minimum Gasteiger partial charge on any atom is -0.399 e. The fraction of sp³-hybridized carbons (Fsp3) is 0.455. The lowest BCUT2D eigenvalue weighted by Gasteiger charge is -2.07. The molecule has 0 radical (unpaired) electrons. The Bertz CT molecular complexity index is 271. The molecular weight excluding hydrogens is 162 g/mol. The number of aryl methyl sites for hydroxylation is 1. The molecule has 0 bridgehead atoms. The van der Waals surface area contributed by atoms with E-state index >= 15 is 0 Å². The molecule has 0 aliphatic carbocycles. The third-order valence-corrected chi connectivity index (χ3v) is 2.19. The van der Waals surface area contributed by atoms with Gasteiger partial charge in [0.05, 0.1) is 6.61 Å². The molecule has 1 aromatic carbocycles. The second kappa shape index (κ2) is 4.87. The van der Waals surface area contributed by atoms with Crippen molar-refractivity contribution in [3.8, 4) is 0 Å². The highest BCUT2D eigenvalue weighted by molar-refractivity contribution is 5.44. The first-order valence-corrected chi connectivity index (χ1v) is 4.64. The van der Waals surface area contributed by atoms with Gasteiger partial charge in [0, 0.05) is 12.8 Å². The summed E-state index contributed by atoms with van der Waals surface area (Å²) >= 11 is 0. The van der Waals surface area contributed by atoms with Gasteiger partial charge in [-0.05, 0) is 36.1 Å². The number of rotatable bonds is 4. The Morgan fingerprint density at radius 1 is 1.31 bits per heavy atom. The van der Waals surface area contributed by atoms with Crippen molar-refractivity contribution in [1.29, 1.82) is 0 Å². The van der Waals surface area contributed by atoms with Gasteiger partial charge in [-0.25, -0.2) is 0 Å². The van der Waals surface area contributed by atoms with Gasteiger partial charge in [-0.3, -0.25) is 0 Å². The van der Waals surface area contributed by atoms with Crippen molar-refractivity contribution in [3.05, 3.63) is 29.3 Å². The summed E-state index contributed by atoms with van der Waals surface area (Å²) in [6.45, 7) is 2.91. The van der Waals surface area contributed by atoms with Crippen molar-refractivity contribution in [2.75, 3.05) is 19.5 Å². The lowest BCUT2D eigenvalue weighted by atomic mass is 10.0. The smallest absolute Gasteiger partial charge is 0.0502 e. The quantitative estimate of drug-likeness (QED) is 0.718. The van der Waals surface area contributed by atoms with Crippen LogP contribution in [0.15, 0.2) is 18.2 Å². The van der Waals surface area contributed by atoms with Crippen LogP contribution in [0.25, 0.3) is 0 Å². The fourth-order valence-corrected chi connectivity index (χ4v) is 1.44. The third-order valence-electron chi connectivity index (χ3n) is 2.19. The molecule has 0 aliphatic heterocycles. The summed E-state index contributed by atoms with van der Waals surface area (Å²) in [4.78, 5) is 0. The van der Waals surface area contributed by atoms with Crippen LogP contribution in [-0.4, -0.2) is 13.7 Å². The number of nitrogens with two attached hydrogens (primary N) is 1. The standard InChI is InChI=1S/C11H17NO/c1-3-9-4-5-11(12)8-10(9)6-7-13-2/h4-5,8H,3,6-7,12H2,1-2H3. The molecule has 0 heterocycles. The molecular formula is C11H17NO. The summed E-state index contributed by atoms with van der Waals surface area (Å²) in [5.74, 6) is 0. The van der Waals surface area contributed by atoms with E-state index in [-0.39, 0.29) is 0 Å². The number of methoxy groups -OCH3 is 1. The van der Waals surface area contributed by atoms with Gasteiger partial charge in [0.2, 0.25) is 0 Å². The molecule has 2 heteroatoms. The van der Waals surface area contributed by atoms with E-state index in [0.29, 0.717) is 0 Å². The van der Waals surface area contributed by atoms with E-state index < -0.39 is 0 Å². The molecule has 0 spiro atoms. The van der Waals surface area contributed by atoms with Crippen LogP contribution in [0.2, 0.25) is 0 Å². The Hall–Kier alpha value is -1.02. The summed E-state index contributed by atoms with van der Waals surface area (Å²) in [5, 5.41) is 0. The van der Waals surface area contributed by atoms with Gasteiger partial charge in [0.15, 0.2) is 0 Å². The molecule has 0 aliphatic rings. The molecule has 2 nitrogen and oxygen atoms in total. The SMILES string of the molecule is CCc1ccc(N)cc1CCOC. The molecule has 1 aromatic rings. The molecule has 72 valence electrons. The average molecular weight is 179 g/mol. The van der Waals surface area contributed by atoms with Crippen LogP contribution >= 0.6 is 0 Å². The Balaban J connectivity index is 2.81. The molecule has 13 heavy (non-hydrogen) atoms. The van der Waals surface area contributed by atoms with Gasteiger partial charge in [-0.2, -0.15) is 0 Å². The highest BCUT2D eigenvalue weighted by Gasteiger charge is 2.00. The molecule has 1 rings (SSSR count). The first kappa shape index (κ1) is 10.1. The number of ether oxygens (including phenoxy) is 1. The molecule has 0 saturated carbocycles. The number of hydrogen-bond donors (Lipinski definition) is 1. The lowest BCUT2D eigenvalue weighted by Crippen LogP contribution is -2.00. The molecule has 0 saturated heterocycles. The summed E-state index contributed by atoms with van der Waals surface area (Å²) in [5.41, 5.74) is 9.23. The van der Waals surface area contributed by atoms with E-state index in [1.54, 1.807) is 7.11 Å². The zero-order valence-corrected chi connectivity index (χ0v) is 8.34. The van der Waals surface area contributed by atoms with Gasteiger partial charge in [0.1, 0.15) is 0 Å².